The highest BCUT2D eigenvalue weighted by Gasteiger charge is 2.45. The molecule has 0 spiro atoms. The zero-order valence-electron chi connectivity index (χ0n) is 19.5. The molecule has 0 saturated carbocycles. The van der Waals surface area contributed by atoms with Gasteiger partial charge in [-0.2, -0.15) is 0 Å². The Bertz CT molecular complexity index is 1010. The van der Waals surface area contributed by atoms with E-state index in [9.17, 15) is 14.7 Å². The molecule has 0 radical (unpaired) electrons. The van der Waals surface area contributed by atoms with Gasteiger partial charge in [0.1, 0.15) is 17.3 Å². The topological polar surface area (TPSA) is 85.3 Å². The molecule has 1 N–H and O–H groups in total. The van der Waals surface area contributed by atoms with Gasteiger partial charge >= 0.3 is 0 Å². The number of amides is 1. The lowest BCUT2D eigenvalue weighted by atomic mass is 9.95. The van der Waals surface area contributed by atoms with Gasteiger partial charge in [-0.3, -0.25) is 9.59 Å². The molecule has 3 rings (SSSR count). The molecule has 1 aliphatic rings. The number of ether oxygens (including phenoxy) is 3. The number of rotatable bonds is 10. The smallest absolute Gasteiger partial charge is 0.295 e. The molecule has 2 aromatic carbocycles. The summed E-state index contributed by atoms with van der Waals surface area (Å²) in [5.74, 6) is -0.340. The van der Waals surface area contributed by atoms with Crippen LogP contribution in [0.4, 0.5) is 0 Å². The Kier molecular flexibility index (Phi) is 8.11. The van der Waals surface area contributed by atoms with E-state index in [4.69, 9.17) is 14.2 Å². The molecule has 7 nitrogen and oxygen atoms in total. The van der Waals surface area contributed by atoms with Gasteiger partial charge in [0.05, 0.1) is 31.4 Å². The van der Waals surface area contributed by atoms with Crippen LogP contribution in [-0.4, -0.2) is 54.7 Å². The van der Waals surface area contributed by atoms with Crippen molar-refractivity contribution in [2.45, 2.75) is 39.3 Å². The van der Waals surface area contributed by atoms with Gasteiger partial charge in [0.15, 0.2) is 0 Å². The molecule has 0 aliphatic carbocycles. The van der Waals surface area contributed by atoms with Gasteiger partial charge in [-0.1, -0.05) is 24.3 Å². The number of nitrogens with zero attached hydrogens (tertiary/aromatic N) is 1. The molecule has 1 heterocycles. The van der Waals surface area contributed by atoms with Crippen molar-refractivity contribution in [3.63, 3.8) is 0 Å². The van der Waals surface area contributed by atoms with E-state index in [1.54, 1.807) is 55.6 Å². The second-order valence-electron chi connectivity index (χ2n) is 8.00. The van der Waals surface area contributed by atoms with Crippen LogP contribution in [-0.2, 0) is 14.3 Å². The quantitative estimate of drug-likeness (QED) is 0.249. The Morgan fingerprint density at radius 1 is 1.09 bits per heavy atom. The SMILES string of the molecule is CCOc1cccc(/C(O)=C2/C(=O)C(=O)N(CCCOC(C)C)C2c2ccc(OC)cc2)c1. The minimum absolute atomic E-state index is 0.0589. The third-order valence-electron chi connectivity index (χ3n) is 5.38. The van der Waals surface area contributed by atoms with E-state index < -0.39 is 17.7 Å². The maximum atomic E-state index is 13.1. The van der Waals surface area contributed by atoms with E-state index in [0.29, 0.717) is 48.8 Å². The molecule has 1 amide bonds. The summed E-state index contributed by atoms with van der Waals surface area (Å²) in [6, 6.07) is 13.3. The highest BCUT2D eigenvalue weighted by atomic mass is 16.5. The van der Waals surface area contributed by atoms with Crippen LogP contribution in [0, 0.1) is 0 Å². The summed E-state index contributed by atoms with van der Waals surface area (Å²) in [6.45, 7) is 7.01. The highest BCUT2D eigenvalue weighted by molar-refractivity contribution is 6.46. The van der Waals surface area contributed by atoms with Gasteiger partial charge in [0.25, 0.3) is 11.7 Å². The van der Waals surface area contributed by atoms with Crippen LogP contribution >= 0.6 is 0 Å². The molecule has 1 fully saturated rings. The molecule has 33 heavy (non-hydrogen) atoms. The number of likely N-dealkylation sites (tertiary alicyclic amines) is 1. The van der Waals surface area contributed by atoms with Crippen molar-refractivity contribution in [3.05, 3.63) is 65.2 Å². The Balaban J connectivity index is 2.03. The van der Waals surface area contributed by atoms with E-state index >= 15 is 0 Å². The van der Waals surface area contributed by atoms with Crippen LogP contribution < -0.4 is 9.47 Å². The first-order valence-corrected chi connectivity index (χ1v) is 11.1. The second kappa shape index (κ2) is 11.0. The fourth-order valence-electron chi connectivity index (χ4n) is 3.85. The van der Waals surface area contributed by atoms with Crippen molar-refractivity contribution in [1.82, 2.24) is 4.90 Å². The predicted octanol–water partition coefficient (Wildman–Crippen LogP) is 4.33. The van der Waals surface area contributed by atoms with Gasteiger partial charge in [-0.15, -0.1) is 0 Å². The zero-order valence-corrected chi connectivity index (χ0v) is 19.5. The Hall–Kier alpha value is -3.32. The molecule has 2 aromatic rings. The number of aliphatic hydroxyl groups excluding tert-OH is 1. The molecule has 0 bridgehead atoms. The third kappa shape index (κ3) is 5.54. The summed E-state index contributed by atoms with van der Waals surface area (Å²) >= 11 is 0. The molecule has 7 heteroatoms. The number of benzene rings is 2. The van der Waals surface area contributed by atoms with E-state index in [1.165, 1.54) is 4.90 Å². The normalized spacial score (nSPS) is 17.6. The number of carbonyl (C=O) groups is 2. The first kappa shape index (κ1) is 24.3. The average molecular weight is 454 g/mol. The van der Waals surface area contributed by atoms with Crippen molar-refractivity contribution in [3.8, 4) is 11.5 Å². The number of aliphatic hydroxyl groups is 1. The molecule has 1 saturated heterocycles. The maximum absolute atomic E-state index is 13.1. The minimum Gasteiger partial charge on any atom is -0.507 e. The van der Waals surface area contributed by atoms with E-state index in [-0.39, 0.29) is 17.4 Å². The first-order chi connectivity index (χ1) is 15.9. The fraction of sp³-hybridized carbons (Fsp3) is 0.385. The summed E-state index contributed by atoms with van der Waals surface area (Å²) in [5, 5.41) is 11.2. The average Bonchev–Trinajstić information content (AvgIpc) is 3.06. The lowest BCUT2D eigenvalue weighted by Crippen LogP contribution is -2.31. The Morgan fingerprint density at radius 2 is 1.82 bits per heavy atom. The minimum atomic E-state index is -0.717. The van der Waals surface area contributed by atoms with Crippen LogP contribution in [0.15, 0.2) is 54.1 Å². The number of hydrogen-bond donors (Lipinski definition) is 1. The summed E-state index contributed by atoms with van der Waals surface area (Å²) in [5.41, 5.74) is 1.19. The number of hydrogen-bond acceptors (Lipinski definition) is 6. The Morgan fingerprint density at radius 3 is 2.45 bits per heavy atom. The monoisotopic (exact) mass is 453 g/mol. The summed E-state index contributed by atoms with van der Waals surface area (Å²) < 4.78 is 16.4. The largest absolute Gasteiger partial charge is 0.507 e. The van der Waals surface area contributed by atoms with Gasteiger partial charge < -0.3 is 24.2 Å². The van der Waals surface area contributed by atoms with E-state index in [2.05, 4.69) is 0 Å². The van der Waals surface area contributed by atoms with Crippen LogP contribution in [0.5, 0.6) is 11.5 Å². The highest BCUT2D eigenvalue weighted by Crippen LogP contribution is 2.40. The van der Waals surface area contributed by atoms with Crippen molar-refractivity contribution in [1.29, 1.82) is 0 Å². The maximum Gasteiger partial charge on any atom is 0.295 e. The number of ketones is 1. The van der Waals surface area contributed by atoms with Crippen molar-refractivity contribution in [2.24, 2.45) is 0 Å². The zero-order chi connectivity index (χ0) is 24.0. The number of methoxy groups -OCH3 is 1. The number of Topliss-reactive ketones (excluding diaryl/α,β-unsaturated/α-hetero) is 1. The molecular weight excluding hydrogens is 422 g/mol. The van der Waals surface area contributed by atoms with Crippen LogP contribution in [0.3, 0.4) is 0 Å². The van der Waals surface area contributed by atoms with Gasteiger partial charge in [-0.25, -0.2) is 0 Å². The lowest BCUT2D eigenvalue weighted by Gasteiger charge is -2.25. The number of carbonyl (C=O) groups excluding carboxylic acids is 2. The van der Waals surface area contributed by atoms with Crippen molar-refractivity contribution < 1.29 is 28.9 Å². The summed E-state index contributed by atoms with van der Waals surface area (Å²) in [6.07, 6.45) is 0.646. The second-order valence-corrected chi connectivity index (χ2v) is 8.00. The molecule has 0 aromatic heterocycles. The van der Waals surface area contributed by atoms with E-state index in [1.807, 2.05) is 20.8 Å². The third-order valence-corrected chi connectivity index (χ3v) is 5.38. The lowest BCUT2D eigenvalue weighted by molar-refractivity contribution is -0.140. The predicted molar refractivity (Wildman–Crippen MR) is 125 cm³/mol. The Labute approximate surface area is 194 Å². The van der Waals surface area contributed by atoms with E-state index in [0.717, 1.165) is 0 Å². The van der Waals surface area contributed by atoms with Gasteiger partial charge in [-0.05, 0) is 57.0 Å². The van der Waals surface area contributed by atoms with Gasteiger partial charge in [0, 0.05) is 18.7 Å². The first-order valence-electron chi connectivity index (χ1n) is 11.1. The van der Waals surface area contributed by atoms with Crippen LogP contribution in [0.1, 0.15) is 44.4 Å². The standard InChI is InChI=1S/C26H31NO6/c1-5-32-21-9-6-8-19(16-21)24(28)22-23(18-10-12-20(31-4)13-11-18)27(26(30)25(22)29)14-7-15-33-17(2)3/h6,8-13,16-17,23,28H,5,7,14-15H2,1-4H3/b24-22-. The molecule has 1 unspecified atom stereocenters. The fourth-order valence-corrected chi connectivity index (χ4v) is 3.85. The van der Waals surface area contributed by atoms with Crippen LogP contribution in [0.25, 0.3) is 5.76 Å². The van der Waals surface area contributed by atoms with Gasteiger partial charge in [0.2, 0.25) is 0 Å². The van der Waals surface area contributed by atoms with Crippen molar-refractivity contribution in [2.75, 3.05) is 26.9 Å². The molecule has 1 atom stereocenters. The molecular formula is C26H31NO6. The van der Waals surface area contributed by atoms with Crippen molar-refractivity contribution >= 4 is 17.4 Å². The molecule has 176 valence electrons. The summed E-state index contributed by atoms with van der Waals surface area (Å²) in [7, 11) is 1.57. The molecule has 1 aliphatic heterocycles. The van der Waals surface area contributed by atoms with Crippen LogP contribution in [0.2, 0.25) is 0 Å². The summed E-state index contributed by atoms with van der Waals surface area (Å²) in [4.78, 5) is 27.6.